The van der Waals surface area contributed by atoms with Crippen LogP contribution < -0.4 is 20.4 Å². The Morgan fingerprint density at radius 2 is 1.31 bits per heavy atom. The molecule has 2 N–H and O–H groups in total. The Labute approximate surface area is 195 Å². The Balaban J connectivity index is 1.85. The second-order valence-corrected chi connectivity index (χ2v) is 8.07. The molecule has 2 aromatic rings. The molecule has 2 amide bonds. The fraction of sp³-hybridized carbons (Fsp3) is 0.391. The van der Waals surface area contributed by atoms with Gasteiger partial charge in [-0.1, -0.05) is 0 Å². The molecule has 0 aliphatic heterocycles. The van der Waals surface area contributed by atoms with Crippen LogP contribution in [-0.4, -0.2) is 58.8 Å². The normalized spacial score (nSPS) is 11.3. The van der Waals surface area contributed by atoms with Gasteiger partial charge in [0.15, 0.2) is 0 Å². The smallest absolute Gasteiger partial charge is 0.412 e. The molecule has 0 aromatic heterocycles. The summed E-state index contributed by atoms with van der Waals surface area (Å²) in [7, 11) is 7.77. The molecule has 32 heavy (non-hydrogen) atoms. The maximum atomic E-state index is 12.3. The van der Waals surface area contributed by atoms with Crippen molar-refractivity contribution in [3.05, 3.63) is 48.5 Å². The summed E-state index contributed by atoms with van der Waals surface area (Å²) < 4.78 is 10.8. The Kier molecular flexibility index (Phi) is 10.0. The molecule has 0 aliphatic rings. The zero-order valence-corrected chi connectivity index (χ0v) is 19.9. The Morgan fingerprint density at radius 3 is 1.75 bits per heavy atom. The van der Waals surface area contributed by atoms with Gasteiger partial charge in [-0.05, 0) is 67.1 Å². The highest BCUT2D eigenvalue weighted by molar-refractivity contribution is 7.80. The van der Waals surface area contributed by atoms with E-state index in [1.54, 1.807) is 24.3 Å². The summed E-state index contributed by atoms with van der Waals surface area (Å²) in [5, 5.41) is 5.37. The maximum absolute atomic E-state index is 12.3. The van der Waals surface area contributed by atoms with Crippen LogP contribution in [0.2, 0.25) is 0 Å². The van der Waals surface area contributed by atoms with Gasteiger partial charge in [-0.15, -0.1) is 0 Å². The molecular formula is C23H32N4O4S. The van der Waals surface area contributed by atoms with Crippen molar-refractivity contribution < 1.29 is 19.1 Å². The molecule has 0 heterocycles. The first-order valence-corrected chi connectivity index (χ1v) is 11.0. The standard InChI is InChI=1S/C23H32N4O4S/c1-26(2)19-11-7-17(8-12-19)24-22(28)30-16-21(6-5-15-32)31-23(29)25-18-9-13-20(14-10-18)27(3)4/h7-14,21,32H,5-6,15-16H2,1-4H3,(H,24,28)(H,25,29). The molecule has 0 fully saturated rings. The maximum Gasteiger partial charge on any atom is 0.412 e. The van der Waals surface area contributed by atoms with Crippen LogP contribution in [0.1, 0.15) is 12.8 Å². The lowest BCUT2D eigenvalue weighted by atomic mass is 10.2. The van der Waals surface area contributed by atoms with Gasteiger partial charge in [-0.2, -0.15) is 12.6 Å². The molecule has 0 saturated carbocycles. The molecule has 2 aromatic carbocycles. The van der Waals surface area contributed by atoms with E-state index in [0.717, 1.165) is 17.8 Å². The van der Waals surface area contributed by atoms with Crippen molar-refractivity contribution in [1.82, 2.24) is 0 Å². The van der Waals surface area contributed by atoms with Crippen LogP contribution in [0.3, 0.4) is 0 Å². The minimum atomic E-state index is -0.609. The molecule has 0 saturated heterocycles. The number of rotatable bonds is 10. The van der Waals surface area contributed by atoms with E-state index >= 15 is 0 Å². The second-order valence-electron chi connectivity index (χ2n) is 7.62. The first-order chi connectivity index (χ1) is 15.3. The highest BCUT2D eigenvalue weighted by atomic mass is 32.1. The number of ether oxygens (including phenoxy) is 2. The van der Waals surface area contributed by atoms with E-state index in [1.807, 2.05) is 62.3 Å². The van der Waals surface area contributed by atoms with Crippen molar-refractivity contribution in [3.8, 4) is 0 Å². The van der Waals surface area contributed by atoms with Crippen LogP contribution in [0.25, 0.3) is 0 Å². The Morgan fingerprint density at radius 1 is 0.844 bits per heavy atom. The minimum absolute atomic E-state index is 0.0532. The molecule has 174 valence electrons. The monoisotopic (exact) mass is 460 g/mol. The molecule has 8 nitrogen and oxygen atoms in total. The Bertz CT molecular complexity index is 857. The molecule has 0 aliphatic carbocycles. The summed E-state index contributed by atoms with van der Waals surface area (Å²) in [5.74, 6) is 0.637. The topological polar surface area (TPSA) is 83.1 Å². The van der Waals surface area contributed by atoms with Crippen LogP contribution in [0.5, 0.6) is 0 Å². The van der Waals surface area contributed by atoms with E-state index in [0.29, 0.717) is 23.5 Å². The van der Waals surface area contributed by atoms with Crippen molar-refractivity contribution in [2.75, 3.05) is 61.0 Å². The quantitative estimate of drug-likeness (QED) is 0.446. The summed E-state index contributed by atoms with van der Waals surface area (Å²) >= 11 is 4.21. The van der Waals surface area contributed by atoms with Gasteiger partial charge in [0.1, 0.15) is 12.7 Å². The van der Waals surface area contributed by atoms with E-state index < -0.39 is 18.3 Å². The number of carbonyl (C=O) groups is 2. The number of benzene rings is 2. The van der Waals surface area contributed by atoms with Gasteiger partial charge in [0, 0.05) is 50.9 Å². The summed E-state index contributed by atoms with van der Waals surface area (Å²) in [5.41, 5.74) is 3.28. The van der Waals surface area contributed by atoms with E-state index in [2.05, 4.69) is 23.3 Å². The van der Waals surface area contributed by atoms with Gasteiger partial charge >= 0.3 is 12.2 Å². The second kappa shape index (κ2) is 12.7. The molecule has 0 radical (unpaired) electrons. The van der Waals surface area contributed by atoms with Crippen molar-refractivity contribution >= 4 is 47.6 Å². The number of carbonyl (C=O) groups excluding carboxylic acids is 2. The zero-order valence-electron chi connectivity index (χ0n) is 19.0. The minimum Gasteiger partial charge on any atom is -0.445 e. The predicted molar refractivity (Wildman–Crippen MR) is 133 cm³/mol. The van der Waals surface area contributed by atoms with E-state index in [1.165, 1.54) is 0 Å². The third kappa shape index (κ3) is 8.58. The van der Waals surface area contributed by atoms with Gasteiger partial charge in [-0.3, -0.25) is 10.6 Å². The number of hydrogen-bond donors (Lipinski definition) is 3. The summed E-state index contributed by atoms with van der Waals surface area (Å²) in [4.78, 5) is 28.4. The van der Waals surface area contributed by atoms with Crippen LogP contribution in [0.4, 0.5) is 32.3 Å². The van der Waals surface area contributed by atoms with Crippen molar-refractivity contribution in [3.63, 3.8) is 0 Å². The summed E-state index contributed by atoms with van der Waals surface area (Å²) in [6.07, 6.45) is -0.543. The van der Waals surface area contributed by atoms with Crippen LogP contribution >= 0.6 is 12.6 Å². The van der Waals surface area contributed by atoms with E-state index in [-0.39, 0.29) is 6.61 Å². The summed E-state index contributed by atoms with van der Waals surface area (Å²) in [6.45, 7) is -0.0532. The highest BCUT2D eigenvalue weighted by Gasteiger charge is 2.17. The molecule has 1 atom stereocenters. The number of amides is 2. The number of nitrogens with one attached hydrogen (secondary N) is 2. The number of thiol groups is 1. The predicted octanol–water partition coefficient (Wildman–Crippen LogP) is 4.69. The third-order valence-electron chi connectivity index (χ3n) is 4.62. The lowest BCUT2D eigenvalue weighted by Crippen LogP contribution is -2.29. The van der Waals surface area contributed by atoms with Gasteiger partial charge in [0.25, 0.3) is 0 Å². The first kappa shape index (κ1) is 25.2. The van der Waals surface area contributed by atoms with Gasteiger partial charge in [0.2, 0.25) is 0 Å². The van der Waals surface area contributed by atoms with Crippen molar-refractivity contribution in [1.29, 1.82) is 0 Å². The molecule has 0 bridgehead atoms. The van der Waals surface area contributed by atoms with Crippen molar-refractivity contribution in [2.24, 2.45) is 0 Å². The molecular weight excluding hydrogens is 428 g/mol. The van der Waals surface area contributed by atoms with Gasteiger partial charge in [-0.25, -0.2) is 9.59 Å². The third-order valence-corrected chi connectivity index (χ3v) is 4.93. The van der Waals surface area contributed by atoms with Crippen LogP contribution in [-0.2, 0) is 9.47 Å². The average Bonchev–Trinajstić information content (AvgIpc) is 2.76. The largest absolute Gasteiger partial charge is 0.445 e. The van der Waals surface area contributed by atoms with E-state index in [4.69, 9.17) is 9.47 Å². The highest BCUT2D eigenvalue weighted by Crippen LogP contribution is 2.17. The fourth-order valence-electron chi connectivity index (χ4n) is 2.80. The molecule has 9 heteroatoms. The zero-order chi connectivity index (χ0) is 23.5. The van der Waals surface area contributed by atoms with Crippen LogP contribution in [0, 0.1) is 0 Å². The molecule has 0 spiro atoms. The van der Waals surface area contributed by atoms with Crippen molar-refractivity contribution in [2.45, 2.75) is 18.9 Å². The lowest BCUT2D eigenvalue weighted by Gasteiger charge is -2.19. The van der Waals surface area contributed by atoms with Gasteiger partial charge < -0.3 is 19.3 Å². The SMILES string of the molecule is CN(C)c1ccc(NC(=O)OCC(CCCS)OC(=O)Nc2ccc(N(C)C)cc2)cc1. The number of nitrogens with zero attached hydrogens (tertiary/aromatic N) is 2. The number of hydrogen-bond acceptors (Lipinski definition) is 7. The lowest BCUT2D eigenvalue weighted by molar-refractivity contribution is 0.0510. The van der Waals surface area contributed by atoms with Crippen LogP contribution in [0.15, 0.2) is 48.5 Å². The molecule has 2 rings (SSSR count). The Hall–Kier alpha value is -3.07. The fourth-order valence-corrected chi connectivity index (χ4v) is 2.98. The number of anilines is 4. The first-order valence-electron chi connectivity index (χ1n) is 10.4. The van der Waals surface area contributed by atoms with E-state index in [9.17, 15) is 9.59 Å². The summed E-state index contributed by atoms with van der Waals surface area (Å²) in [6, 6.07) is 14.8. The average molecular weight is 461 g/mol. The van der Waals surface area contributed by atoms with Gasteiger partial charge in [0.05, 0.1) is 0 Å². The molecule has 1 unspecified atom stereocenters.